The van der Waals surface area contributed by atoms with Gasteiger partial charge in [-0.2, -0.15) is 5.10 Å². The molecule has 1 saturated carbocycles. The molecule has 1 atom stereocenters. The first-order valence-electron chi connectivity index (χ1n) is 8.27. The van der Waals surface area contributed by atoms with Crippen LogP contribution in [0.4, 0.5) is 10.5 Å². The second kappa shape index (κ2) is 7.63. The first-order chi connectivity index (χ1) is 10.5. The summed E-state index contributed by atoms with van der Waals surface area (Å²) in [7, 11) is 0. The lowest BCUT2D eigenvalue weighted by molar-refractivity contribution is 0.105. The lowest BCUT2D eigenvalue weighted by Crippen LogP contribution is -2.47. The third kappa shape index (κ3) is 4.47. The molecule has 0 saturated heterocycles. The summed E-state index contributed by atoms with van der Waals surface area (Å²) in [6.07, 6.45) is 8.56. The lowest BCUT2D eigenvalue weighted by atomic mass is 9.94. The Morgan fingerprint density at radius 3 is 2.64 bits per heavy atom. The van der Waals surface area contributed by atoms with Crippen LogP contribution >= 0.6 is 0 Å². The van der Waals surface area contributed by atoms with Gasteiger partial charge in [-0.3, -0.25) is 4.68 Å². The minimum Gasteiger partial charge on any atom is -0.392 e. The number of aliphatic hydroxyl groups is 1. The fourth-order valence-electron chi connectivity index (χ4n) is 2.96. The number of nitrogens with one attached hydrogen (secondary N) is 1. The van der Waals surface area contributed by atoms with Gasteiger partial charge in [0, 0.05) is 24.8 Å². The third-order valence-corrected chi connectivity index (χ3v) is 4.12. The van der Waals surface area contributed by atoms with Crippen molar-refractivity contribution in [3.8, 4) is 0 Å². The van der Waals surface area contributed by atoms with Crippen molar-refractivity contribution >= 4 is 11.7 Å². The zero-order chi connectivity index (χ0) is 16.1. The van der Waals surface area contributed by atoms with Gasteiger partial charge in [-0.25, -0.2) is 4.79 Å². The number of carbonyl (C=O) groups excluding carboxylic acids is 1. The third-order valence-electron chi connectivity index (χ3n) is 4.12. The van der Waals surface area contributed by atoms with E-state index in [0.29, 0.717) is 12.2 Å². The van der Waals surface area contributed by atoms with E-state index in [1.165, 1.54) is 6.42 Å². The zero-order valence-corrected chi connectivity index (χ0v) is 13.8. The number of hydrogen-bond acceptors (Lipinski definition) is 3. The van der Waals surface area contributed by atoms with E-state index in [9.17, 15) is 9.90 Å². The van der Waals surface area contributed by atoms with Crippen LogP contribution in [0.2, 0.25) is 0 Å². The van der Waals surface area contributed by atoms with E-state index in [4.69, 9.17) is 0 Å². The van der Waals surface area contributed by atoms with Crippen molar-refractivity contribution in [1.29, 1.82) is 0 Å². The van der Waals surface area contributed by atoms with Crippen LogP contribution in [0.15, 0.2) is 12.4 Å². The number of carbonyl (C=O) groups is 1. The maximum Gasteiger partial charge on any atom is 0.322 e. The minimum absolute atomic E-state index is 0.142. The van der Waals surface area contributed by atoms with Gasteiger partial charge < -0.3 is 15.3 Å². The number of nitrogens with zero attached hydrogens (tertiary/aromatic N) is 3. The van der Waals surface area contributed by atoms with E-state index in [0.717, 1.165) is 25.7 Å². The highest BCUT2D eigenvalue weighted by Gasteiger charge is 2.26. The van der Waals surface area contributed by atoms with Crippen molar-refractivity contribution < 1.29 is 9.90 Å². The predicted octanol–water partition coefficient (Wildman–Crippen LogP) is 3.01. The standard InChI is InChI=1S/C16H28N4O2/c1-12(2)20-11-14(9-17-20)18-16(22)19(10-13(3)21)15-7-5-4-6-8-15/h9,11-13,15,21H,4-8,10H2,1-3H3,(H,18,22)/t13-/m0/s1. The molecule has 2 N–H and O–H groups in total. The van der Waals surface area contributed by atoms with Gasteiger partial charge in [0.05, 0.1) is 18.0 Å². The van der Waals surface area contributed by atoms with E-state index in [1.54, 1.807) is 18.0 Å². The average molecular weight is 308 g/mol. The number of urea groups is 1. The van der Waals surface area contributed by atoms with Crippen LogP contribution in [-0.2, 0) is 0 Å². The molecule has 1 aliphatic rings. The Bertz CT molecular complexity index is 478. The SMILES string of the molecule is CC(C)n1cc(NC(=O)N(C[C@H](C)O)C2CCCCC2)cn1. The molecule has 1 aliphatic carbocycles. The fourth-order valence-corrected chi connectivity index (χ4v) is 2.96. The molecule has 22 heavy (non-hydrogen) atoms. The van der Waals surface area contributed by atoms with Crippen LogP contribution in [-0.4, -0.2) is 44.5 Å². The Balaban J connectivity index is 2.03. The summed E-state index contributed by atoms with van der Waals surface area (Å²) in [5.41, 5.74) is 0.699. The highest BCUT2D eigenvalue weighted by Crippen LogP contribution is 2.23. The Hall–Kier alpha value is -1.56. The second-order valence-corrected chi connectivity index (χ2v) is 6.53. The minimum atomic E-state index is -0.522. The largest absolute Gasteiger partial charge is 0.392 e. The number of amides is 2. The number of anilines is 1. The van der Waals surface area contributed by atoms with Crippen molar-refractivity contribution in [1.82, 2.24) is 14.7 Å². The monoisotopic (exact) mass is 308 g/mol. The van der Waals surface area contributed by atoms with Crippen molar-refractivity contribution in [3.63, 3.8) is 0 Å². The summed E-state index contributed by atoms with van der Waals surface area (Å²) < 4.78 is 1.81. The van der Waals surface area contributed by atoms with Gasteiger partial charge in [0.1, 0.15) is 0 Å². The van der Waals surface area contributed by atoms with Crippen LogP contribution in [0.3, 0.4) is 0 Å². The van der Waals surface area contributed by atoms with E-state index >= 15 is 0 Å². The van der Waals surface area contributed by atoms with Gasteiger partial charge >= 0.3 is 6.03 Å². The molecule has 1 fully saturated rings. The van der Waals surface area contributed by atoms with Gasteiger partial charge in [0.2, 0.25) is 0 Å². The van der Waals surface area contributed by atoms with Crippen molar-refractivity contribution in [2.45, 2.75) is 71.1 Å². The van der Waals surface area contributed by atoms with Gasteiger partial charge in [0.25, 0.3) is 0 Å². The maximum atomic E-state index is 12.6. The molecule has 0 bridgehead atoms. The molecule has 0 aliphatic heterocycles. The molecule has 0 unspecified atom stereocenters. The van der Waals surface area contributed by atoms with Crippen LogP contribution in [0.1, 0.15) is 58.9 Å². The van der Waals surface area contributed by atoms with E-state index in [1.807, 2.05) is 24.7 Å². The summed E-state index contributed by atoms with van der Waals surface area (Å²) in [6, 6.07) is 0.345. The first kappa shape index (κ1) is 16.8. The zero-order valence-electron chi connectivity index (χ0n) is 13.8. The number of aliphatic hydroxyl groups excluding tert-OH is 1. The van der Waals surface area contributed by atoms with Gasteiger partial charge in [-0.05, 0) is 33.6 Å². The maximum absolute atomic E-state index is 12.6. The number of aromatic nitrogens is 2. The Morgan fingerprint density at radius 1 is 1.41 bits per heavy atom. The summed E-state index contributed by atoms with van der Waals surface area (Å²) in [5.74, 6) is 0. The smallest absolute Gasteiger partial charge is 0.322 e. The van der Waals surface area contributed by atoms with Crippen molar-refractivity contribution in [3.05, 3.63) is 12.4 Å². The first-order valence-corrected chi connectivity index (χ1v) is 8.27. The van der Waals surface area contributed by atoms with E-state index in [2.05, 4.69) is 10.4 Å². The lowest BCUT2D eigenvalue weighted by Gasteiger charge is -2.35. The predicted molar refractivity (Wildman–Crippen MR) is 86.9 cm³/mol. The Labute approximate surface area is 132 Å². The molecular weight excluding hydrogens is 280 g/mol. The van der Waals surface area contributed by atoms with E-state index in [-0.39, 0.29) is 18.1 Å². The van der Waals surface area contributed by atoms with Crippen LogP contribution in [0, 0.1) is 0 Å². The normalized spacial score (nSPS) is 17.5. The molecule has 2 amide bonds. The van der Waals surface area contributed by atoms with Gasteiger partial charge in [0.15, 0.2) is 0 Å². The van der Waals surface area contributed by atoms with Crippen LogP contribution < -0.4 is 5.32 Å². The quantitative estimate of drug-likeness (QED) is 0.878. The van der Waals surface area contributed by atoms with E-state index < -0.39 is 6.10 Å². The van der Waals surface area contributed by atoms with Crippen molar-refractivity contribution in [2.75, 3.05) is 11.9 Å². The number of rotatable bonds is 5. The molecule has 1 aromatic rings. The van der Waals surface area contributed by atoms with Gasteiger partial charge in [-0.1, -0.05) is 19.3 Å². The summed E-state index contributed by atoms with van der Waals surface area (Å²) in [4.78, 5) is 14.4. The topological polar surface area (TPSA) is 70.4 Å². The van der Waals surface area contributed by atoms with Crippen LogP contribution in [0.25, 0.3) is 0 Å². The summed E-state index contributed by atoms with van der Waals surface area (Å²) in [5, 5.41) is 16.9. The van der Waals surface area contributed by atoms with Crippen molar-refractivity contribution in [2.24, 2.45) is 0 Å². The second-order valence-electron chi connectivity index (χ2n) is 6.53. The summed E-state index contributed by atoms with van der Waals surface area (Å²) >= 11 is 0. The molecule has 1 heterocycles. The molecule has 1 aromatic heterocycles. The average Bonchev–Trinajstić information content (AvgIpc) is 2.94. The molecule has 124 valence electrons. The van der Waals surface area contributed by atoms with Crippen LogP contribution in [0.5, 0.6) is 0 Å². The molecule has 0 spiro atoms. The molecule has 6 nitrogen and oxygen atoms in total. The Morgan fingerprint density at radius 2 is 2.09 bits per heavy atom. The number of hydrogen-bond donors (Lipinski definition) is 2. The Kier molecular flexibility index (Phi) is 5.83. The highest BCUT2D eigenvalue weighted by atomic mass is 16.3. The molecule has 6 heteroatoms. The summed E-state index contributed by atoms with van der Waals surface area (Å²) in [6.45, 7) is 6.18. The molecule has 2 rings (SSSR count). The fraction of sp³-hybridized carbons (Fsp3) is 0.750. The molecule has 0 radical (unpaired) electrons. The molecule has 0 aromatic carbocycles. The van der Waals surface area contributed by atoms with Gasteiger partial charge in [-0.15, -0.1) is 0 Å². The highest BCUT2D eigenvalue weighted by molar-refractivity contribution is 5.89. The molecular formula is C16H28N4O2.